The van der Waals surface area contributed by atoms with Crippen LogP contribution in [0.1, 0.15) is 23.0 Å². The topological polar surface area (TPSA) is 62.5 Å². The number of hydrogen-bond donors (Lipinski definition) is 2. The summed E-state index contributed by atoms with van der Waals surface area (Å²) in [6, 6.07) is 10.7. The molecule has 0 saturated carbocycles. The average molecular weight is 245 g/mol. The van der Waals surface area contributed by atoms with Crippen molar-refractivity contribution in [3.63, 3.8) is 0 Å². The molecule has 0 fully saturated rings. The number of carbonyl (C=O) groups is 1. The number of hydrogen-bond acceptors (Lipinski definition) is 3. The van der Waals surface area contributed by atoms with E-state index in [0.29, 0.717) is 11.3 Å². The maximum atomic E-state index is 11.7. The highest BCUT2D eigenvalue weighted by atomic mass is 16.3. The molecule has 2 N–H and O–H groups in total. The largest absolute Gasteiger partial charge is 0.467 e. The third kappa shape index (κ3) is 2.99. The van der Waals surface area contributed by atoms with Gasteiger partial charge in [-0.25, -0.2) is 0 Å². The second-order valence-electron chi connectivity index (χ2n) is 4.11. The Balaban J connectivity index is 1.94. The maximum Gasteiger partial charge on any atom is 0.253 e. The minimum Gasteiger partial charge on any atom is -0.467 e. The molecule has 0 spiro atoms. The molecular formula is C14H15NO3. The average Bonchev–Trinajstić information content (AvgIpc) is 2.89. The van der Waals surface area contributed by atoms with Gasteiger partial charge in [0.25, 0.3) is 5.91 Å². The number of rotatable bonds is 4. The molecule has 1 amide bonds. The minimum atomic E-state index is -1.15. The lowest BCUT2D eigenvalue weighted by atomic mass is 10.1. The van der Waals surface area contributed by atoms with E-state index >= 15 is 0 Å². The molecule has 2 rings (SSSR count). The van der Waals surface area contributed by atoms with Gasteiger partial charge in [-0.1, -0.05) is 29.8 Å². The predicted octanol–water partition coefficient (Wildman–Crippen LogP) is 1.94. The zero-order chi connectivity index (χ0) is 13.0. The maximum absolute atomic E-state index is 11.7. The van der Waals surface area contributed by atoms with Gasteiger partial charge in [-0.15, -0.1) is 0 Å². The van der Waals surface area contributed by atoms with Crippen molar-refractivity contribution in [3.05, 3.63) is 59.5 Å². The highest BCUT2D eigenvalue weighted by Gasteiger charge is 2.16. The molecule has 94 valence electrons. The number of amides is 1. The lowest BCUT2D eigenvalue weighted by Gasteiger charge is -2.11. The standard InChI is InChI=1S/C14H15NO3/c1-10-4-6-11(7-5-10)13(16)14(17)15-9-12-3-2-8-18-12/h2-8,13,16H,9H2,1H3,(H,15,17). The van der Waals surface area contributed by atoms with Crippen molar-refractivity contribution in [2.45, 2.75) is 19.6 Å². The summed E-state index contributed by atoms with van der Waals surface area (Å²) in [5.74, 6) is 0.217. The molecule has 2 aromatic rings. The van der Waals surface area contributed by atoms with Crippen LogP contribution in [0.4, 0.5) is 0 Å². The summed E-state index contributed by atoms with van der Waals surface area (Å²) in [5.41, 5.74) is 1.67. The first-order chi connectivity index (χ1) is 8.66. The molecule has 1 aromatic carbocycles. The SMILES string of the molecule is Cc1ccc(C(O)C(=O)NCc2ccco2)cc1. The number of furan rings is 1. The Morgan fingerprint density at radius 2 is 2.06 bits per heavy atom. The fraction of sp³-hybridized carbons (Fsp3) is 0.214. The van der Waals surface area contributed by atoms with E-state index in [1.54, 1.807) is 24.3 Å². The third-order valence-corrected chi connectivity index (χ3v) is 2.66. The van der Waals surface area contributed by atoms with Crippen LogP contribution in [0.5, 0.6) is 0 Å². The highest BCUT2D eigenvalue weighted by molar-refractivity contribution is 5.81. The van der Waals surface area contributed by atoms with Gasteiger partial charge < -0.3 is 14.8 Å². The van der Waals surface area contributed by atoms with Crippen molar-refractivity contribution in [2.24, 2.45) is 0 Å². The molecule has 0 radical (unpaired) electrons. The summed E-state index contributed by atoms with van der Waals surface area (Å²) >= 11 is 0. The first-order valence-electron chi connectivity index (χ1n) is 5.71. The summed E-state index contributed by atoms with van der Waals surface area (Å²) in [5, 5.41) is 12.5. The van der Waals surface area contributed by atoms with Gasteiger partial charge in [-0.05, 0) is 24.6 Å². The van der Waals surface area contributed by atoms with E-state index in [0.717, 1.165) is 5.56 Å². The van der Waals surface area contributed by atoms with Crippen molar-refractivity contribution >= 4 is 5.91 Å². The van der Waals surface area contributed by atoms with Crippen molar-refractivity contribution < 1.29 is 14.3 Å². The molecule has 1 atom stereocenters. The number of aliphatic hydroxyl groups is 1. The second-order valence-corrected chi connectivity index (χ2v) is 4.11. The van der Waals surface area contributed by atoms with E-state index in [9.17, 15) is 9.90 Å². The third-order valence-electron chi connectivity index (χ3n) is 2.66. The zero-order valence-corrected chi connectivity index (χ0v) is 10.1. The van der Waals surface area contributed by atoms with Crippen LogP contribution in [0.15, 0.2) is 47.1 Å². The van der Waals surface area contributed by atoms with Gasteiger partial charge in [0, 0.05) is 0 Å². The first kappa shape index (κ1) is 12.4. The Bertz CT molecular complexity index is 502. The summed E-state index contributed by atoms with van der Waals surface area (Å²) < 4.78 is 5.09. The second kappa shape index (κ2) is 5.51. The van der Waals surface area contributed by atoms with Gasteiger partial charge in [0.05, 0.1) is 12.8 Å². The monoisotopic (exact) mass is 245 g/mol. The fourth-order valence-electron chi connectivity index (χ4n) is 1.58. The van der Waals surface area contributed by atoms with Crippen LogP contribution in [0.3, 0.4) is 0 Å². The summed E-state index contributed by atoms with van der Waals surface area (Å²) in [6.07, 6.45) is 0.387. The van der Waals surface area contributed by atoms with Gasteiger partial charge >= 0.3 is 0 Å². The quantitative estimate of drug-likeness (QED) is 0.865. The van der Waals surface area contributed by atoms with Gasteiger partial charge in [0.2, 0.25) is 0 Å². The van der Waals surface area contributed by atoms with Crippen LogP contribution in [0, 0.1) is 6.92 Å². The number of nitrogens with one attached hydrogen (secondary N) is 1. The van der Waals surface area contributed by atoms with Crippen LogP contribution in [0.2, 0.25) is 0 Å². The van der Waals surface area contributed by atoms with E-state index in [-0.39, 0.29) is 6.54 Å². The molecular weight excluding hydrogens is 230 g/mol. The van der Waals surface area contributed by atoms with Gasteiger partial charge in [-0.2, -0.15) is 0 Å². The Labute approximate surface area is 105 Å². The number of carbonyl (C=O) groups excluding carboxylic acids is 1. The summed E-state index contributed by atoms with van der Waals surface area (Å²) in [7, 11) is 0. The van der Waals surface area contributed by atoms with Gasteiger partial charge in [0.1, 0.15) is 5.76 Å². The van der Waals surface area contributed by atoms with E-state index in [4.69, 9.17) is 4.42 Å². The minimum absolute atomic E-state index is 0.273. The van der Waals surface area contributed by atoms with Crippen LogP contribution in [-0.2, 0) is 11.3 Å². The molecule has 1 unspecified atom stereocenters. The van der Waals surface area contributed by atoms with Crippen molar-refractivity contribution in [1.29, 1.82) is 0 Å². The Kier molecular flexibility index (Phi) is 3.79. The van der Waals surface area contributed by atoms with E-state index < -0.39 is 12.0 Å². The van der Waals surface area contributed by atoms with Crippen molar-refractivity contribution in [1.82, 2.24) is 5.32 Å². The normalized spacial score (nSPS) is 12.1. The van der Waals surface area contributed by atoms with Crippen LogP contribution in [-0.4, -0.2) is 11.0 Å². The summed E-state index contributed by atoms with van der Waals surface area (Å²) in [4.78, 5) is 11.7. The molecule has 18 heavy (non-hydrogen) atoms. The van der Waals surface area contributed by atoms with E-state index in [1.165, 1.54) is 6.26 Å². The number of benzene rings is 1. The molecule has 4 heteroatoms. The molecule has 0 saturated heterocycles. The van der Waals surface area contributed by atoms with Gasteiger partial charge in [0.15, 0.2) is 6.10 Å². The molecule has 1 aromatic heterocycles. The molecule has 0 bridgehead atoms. The summed E-state index contributed by atoms with van der Waals surface area (Å²) in [6.45, 7) is 2.22. The van der Waals surface area contributed by atoms with E-state index in [1.807, 2.05) is 19.1 Å². The number of aliphatic hydroxyl groups excluding tert-OH is 1. The molecule has 1 heterocycles. The number of aryl methyl sites for hydroxylation is 1. The highest BCUT2D eigenvalue weighted by Crippen LogP contribution is 2.13. The smallest absolute Gasteiger partial charge is 0.253 e. The molecule has 0 aliphatic rings. The fourth-order valence-corrected chi connectivity index (χ4v) is 1.58. The zero-order valence-electron chi connectivity index (χ0n) is 10.1. The van der Waals surface area contributed by atoms with Crippen molar-refractivity contribution in [3.8, 4) is 0 Å². The molecule has 4 nitrogen and oxygen atoms in total. The molecule has 0 aliphatic carbocycles. The Morgan fingerprint density at radius 3 is 2.67 bits per heavy atom. The lowest BCUT2D eigenvalue weighted by Crippen LogP contribution is -2.28. The van der Waals surface area contributed by atoms with Gasteiger partial charge in [-0.3, -0.25) is 4.79 Å². The van der Waals surface area contributed by atoms with E-state index in [2.05, 4.69) is 5.32 Å². The van der Waals surface area contributed by atoms with Crippen LogP contribution >= 0.6 is 0 Å². The Morgan fingerprint density at radius 1 is 1.33 bits per heavy atom. The first-order valence-corrected chi connectivity index (χ1v) is 5.71. The van der Waals surface area contributed by atoms with Crippen LogP contribution in [0.25, 0.3) is 0 Å². The van der Waals surface area contributed by atoms with Crippen LogP contribution < -0.4 is 5.32 Å². The molecule has 0 aliphatic heterocycles. The Hall–Kier alpha value is -2.07. The lowest BCUT2D eigenvalue weighted by molar-refractivity contribution is -0.129. The van der Waals surface area contributed by atoms with Crippen molar-refractivity contribution in [2.75, 3.05) is 0 Å². The predicted molar refractivity (Wildman–Crippen MR) is 66.7 cm³/mol.